The van der Waals surface area contributed by atoms with Crippen LogP contribution in [0.3, 0.4) is 0 Å². The number of phenolic OH excluding ortho intramolecular Hbond substituents is 2. The Morgan fingerprint density at radius 1 is 0.511 bits per heavy atom. The first-order valence-electron chi connectivity index (χ1n) is 27.0. The predicted molar refractivity (Wildman–Crippen MR) is 337 cm³/mol. The number of nitriles is 3. The number of carbonyl (C=O) groups excluding carboxylic acids is 3. The minimum atomic E-state index is -4.49. The SMILES string of the molecule is CC1=C(c2nc(-c3ccc(C#N)cc3)cs2)C(c2ccc(O)c(Cl)c2)NC(=O)N1.CC1=C(c2nc(-c3ccc(C#N)cc3)cs2)C(c2cccc(C(F)(F)F)c2)NC(=O)N1.COc1ccc(C2NC(=O)NC(C)=C2c2nc(-c3ccc(C#N)cc3)cs2)cc1O. The van der Waals surface area contributed by atoms with E-state index in [9.17, 15) is 37.8 Å². The molecule has 450 valence electrons. The van der Waals surface area contributed by atoms with Crippen molar-refractivity contribution >= 4 is 80.4 Å². The maximum atomic E-state index is 13.2. The zero-order valence-electron chi connectivity index (χ0n) is 47.6. The van der Waals surface area contributed by atoms with Gasteiger partial charge in [-0.2, -0.15) is 29.0 Å². The number of urea groups is 3. The summed E-state index contributed by atoms with van der Waals surface area (Å²) in [7, 11) is 1.48. The first-order chi connectivity index (χ1) is 43.2. The van der Waals surface area contributed by atoms with Crippen LogP contribution in [-0.2, 0) is 6.18 Å². The van der Waals surface area contributed by atoms with Gasteiger partial charge in [-0.3, -0.25) is 0 Å². The van der Waals surface area contributed by atoms with Crippen molar-refractivity contribution in [3.05, 3.63) is 226 Å². The van der Waals surface area contributed by atoms with E-state index in [0.717, 1.165) is 66.9 Å². The van der Waals surface area contributed by atoms with Crippen molar-refractivity contribution in [2.45, 2.75) is 45.1 Å². The number of hydrogen-bond acceptors (Lipinski definition) is 15. The molecule has 6 aromatic carbocycles. The van der Waals surface area contributed by atoms with E-state index < -0.39 is 35.9 Å². The van der Waals surface area contributed by atoms with Crippen LogP contribution in [0.4, 0.5) is 27.6 Å². The van der Waals surface area contributed by atoms with E-state index >= 15 is 0 Å². The number of benzene rings is 6. The molecule has 3 aliphatic rings. The summed E-state index contributed by atoms with van der Waals surface area (Å²) in [5.74, 6) is 0.339. The predicted octanol–water partition coefficient (Wildman–Crippen LogP) is 14.5. The molecule has 6 amide bonds. The average molecular weight is 1280 g/mol. The van der Waals surface area contributed by atoms with E-state index in [-0.39, 0.29) is 28.6 Å². The largest absolute Gasteiger partial charge is 0.506 e. The second kappa shape index (κ2) is 26.7. The van der Waals surface area contributed by atoms with E-state index in [4.69, 9.17) is 42.1 Å². The van der Waals surface area contributed by atoms with Crippen LogP contribution in [0.5, 0.6) is 17.2 Å². The molecule has 9 aromatic rings. The van der Waals surface area contributed by atoms with Gasteiger partial charge in [-0.25, -0.2) is 29.3 Å². The Morgan fingerprint density at radius 3 is 1.22 bits per heavy atom. The van der Waals surface area contributed by atoms with E-state index in [1.54, 1.807) is 91.9 Å². The third-order valence-corrected chi connectivity index (χ3v) is 17.3. The molecule has 8 N–H and O–H groups in total. The minimum Gasteiger partial charge on any atom is -0.506 e. The fraction of sp³-hybridized carbons (Fsp3) is 0.123. The van der Waals surface area contributed by atoms with Crippen molar-refractivity contribution in [1.82, 2.24) is 46.9 Å². The molecule has 3 aliphatic heterocycles. The fourth-order valence-electron chi connectivity index (χ4n) is 9.90. The van der Waals surface area contributed by atoms with Crippen molar-refractivity contribution < 1.29 is 42.5 Å². The molecular weight excluding hydrogens is 1230 g/mol. The van der Waals surface area contributed by atoms with E-state index in [2.05, 4.69) is 55.1 Å². The number of alkyl halides is 3. The Morgan fingerprint density at radius 2 is 0.878 bits per heavy atom. The monoisotopic (exact) mass is 1280 g/mol. The van der Waals surface area contributed by atoms with Gasteiger partial charge in [0.15, 0.2) is 11.5 Å². The van der Waals surface area contributed by atoms with Crippen molar-refractivity contribution in [2.75, 3.05) is 7.11 Å². The van der Waals surface area contributed by atoms with E-state index in [1.165, 1.54) is 53.3 Å². The topological polar surface area (TPSA) is 283 Å². The highest BCUT2D eigenvalue weighted by atomic mass is 35.5. The van der Waals surface area contributed by atoms with Crippen LogP contribution in [0.2, 0.25) is 5.02 Å². The first kappa shape index (κ1) is 62.2. The molecule has 3 aromatic heterocycles. The van der Waals surface area contributed by atoms with Crippen molar-refractivity contribution in [2.24, 2.45) is 0 Å². The highest BCUT2D eigenvalue weighted by Gasteiger charge is 2.35. The Labute approximate surface area is 529 Å². The quantitative estimate of drug-likeness (QED) is 0.0635. The van der Waals surface area contributed by atoms with Crippen LogP contribution in [-0.4, -0.2) is 50.4 Å². The lowest BCUT2D eigenvalue weighted by Gasteiger charge is -2.28. The number of carbonyl (C=O) groups is 3. The number of nitrogens with zero attached hydrogens (tertiary/aromatic N) is 6. The van der Waals surface area contributed by atoms with Crippen molar-refractivity contribution in [3.8, 4) is 69.2 Å². The number of halogens is 4. The summed E-state index contributed by atoms with van der Waals surface area (Å²) in [5.41, 5.74) is 11.7. The number of aromatic nitrogens is 3. The molecular formula is C65H48ClF3N12O6S3. The molecule has 25 heteroatoms. The number of hydrogen-bond donors (Lipinski definition) is 8. The number of aromatic hydroxyl groups is 2. The fourth-order valence-corrected chi connectivity index (χ4v) is 13.0. The summed E-state index contributed by atoms with van der Waals surface area (Å²) < 4.78 is 44.8. The summed E-state index contributed by atoms with van der Waals surface area (Å²) >= 11 is 10.3. The highest BCUT2D eigenvalue weighted by Crippen LogP contribution is 2.43. The number of thiazole rings is 3. The Bertz CT molecular complexity index is 4500. The second-order valence-electron chi connectivity index (χ2n) is 20.2. The van der Waals surface area contributed by atoms with Crippen LogP contribution in [0.15, 0.2) is 167 Å². The molecule has 12 rings (SSSR count). The van der Waals surface area contributed by atoms with Gasteiger partial charge in [0.2, 0.25) is 0 Å². The van der Waals surface area contributed by atoms with Gasteiger partial charge in [0.1, 0.15) is 20.8 Å². The van der Waals surface area contributed by atoms with Gasteiger partial charge >= 0.3 is 24.3 Å². The van der Waals surface area contributed by atoms with Gasteiger partial charge < -0.3 is 46.9 Å². The van der Waals surface area contributed by atoms with Crippen molar-refractivity contribution in [3.63, 3.8) is 0 Å². The summed E-state index contributed by atoms with van der Waals surface area (Å²) in [5, 5.41) is 71.6. The molecule has 18 nitrogen and oxygen atoms in total. The second-order valence-corrected chi connectivity index (χ2v) is 23.1. The Hall–Kier alpha value is -10.8. The molecule has 3 unspecified atom stereocenters. The Kier molecular flexibility index (Phi) is 18.4. The number of amides is 6. The maximum Gasteiger partial charge on any atom is 0.416 e. The summed E-state index contributed by atoms with van der Waals surface area (Å²) in [6, 6.07) is 39.6. The molecule has 90 heavy (non-hydrogen) atoms. The number of rotatable bonds is 10. The number of allylic oxidation sites excluding steroid dienone is 3. The van der Waals surface area contributed by atoms with Gasteiger partial charge in [-0.1, -0.05) is 72.3 Å². The lowest BCUT2D eigenvalue weighted by atomic mass is 9.94. The normalized spacial score (nSPS) is 16.2. The van der Waals surface area contributed by atoms with Crippen LogP contribution in [0, 0.1) is 34.0 Å². The third kappa shape index (κ3) is 13.8. The molecule has 0 saturated carbocycles. The molecule has 0 spiro atoms. The molecule has 0 radical (unpaired) electrons. The van der Waals surface area contributed by atoms with Crippen LogP contribution in [0.25, 0.3) is 50.5 Å². The maximum absolute atomic E-state index is 13.2. The van der Waals surface area contributed by atoms with Crippen LogP contribution < -0.4 is 36.6 Å². The zero-order valence-corrected chi connectivity index (χ0v) is 50.8. The molecule has 3 atom stereocenters. The first-order valence-corrected chi connectivity index (χ1v) is 30.0. The zero-order chi connectivity index (χ0) is 64.0. The van der Waals surface area contributed by atoms with Gasteiger partial charge in [-0.05, 0) is 110 Å². The van der Waals surface area contributed by atoms with Gasteiger partial charge in [-0.15, -0.1) is 34.0 Å². The average Bonchev–Trinajstić information content (AvgIpc) is 1.88. The number of phenols is 2. The van der Waals surface area contributed by atoms with E-state index in [0.29, 0.717) is 66.9 Å². The minimum absolute atomic E-state index is 0.00260. The molecule has 0 fully saturated rings. The van der Waals surface area contributed by atoms with Gasteiger partial charge in [0.25, 0.3) is 0 Å². The van der Waals surface area contributed by atoms with Gasteiger partial charge in [0, 0.05) is 66.6 Å². The van der Waals surface area contributed by atoms with Crippen LogP contribution in [0.1, 0.15) is 92.9 Å². The molecule has 0 bridgehead atoms. The summed E-state index contributed by atoms with van der Waals surface area (Å²) in [4.78, 5) is 50.5. The third-order valence-electron chi connectivity index (χ3n) is 14.3. The van der Waals surface area contributed by atoms with Crippen molar-refractivity contribution in [1.29, 1.82) is 15.8 Å². The standard InChI is InChI=1S/C22H15F3N4OS.C22H18N4O3S.C21H15ClN4O2S/c1-12-18(20-28-17(11-31-20)14-7-5-13(10-26)6-8-14)19(29-21(30)27-12)15-3-2-4-16(9-15)22(23,24)25;1-12-19(21-25-16(11-30-21)14-5-3-13(10-23)4-6-14)20(26-22(28)24-12)15-7-8-18(29-2)17(27)9-15;1-11-18(19(26-21(28)24-11)14-6-7-17(27)15(22)8-14)20-25-16(10-29-20)13-4-2-12(9-23)3-5-13/h2-9,11,19H,1H3,(H2,27,29,30);3-9,11,20,27H,1-2H3,(H2,24,26,28);2-8,10,19,27H,1H3,(H2,24,26,28). The number of methoxy groups -OCH3 is 1. The summed E-state index contributed by atoms with van der Waals surface area (Å²) in [6.45, 7) is 5.34. The number of nitrogens with one attached hydrogen (secondary N) is 6. The van der Waals surface area contributed by atoms with Gasteiger partial charge in [0.05, 0.1) is 87.8 Å². The smallest absolute Gasteiger partial charge is 0.416 e. The molecule has 0 saturated heterocycles. The molecule has 0 aliphatic carbocycles. The highest BCUT2D eigenvalue weighted by molar-refractivity contribution is 7.11. The Balaban J connectivity index is 0.000000149. The number of ether oxygens (including phenoxy) is 1. The van der Waals surface area contributed by atoms with Crippen LogP contribution >= 0.6 is 45.6 Å². The summed E-state index contributed by atoms with van der Waals surface area (Å²) in [6.07, 6.45) is -4.49. The van der Waals surface area contributed by atoms with E-state index in [1.807, 2.05) is 54.3 Å². The lowest BCUT2D eigenvalue weighted by molar-refractivity contribution is -0.137. The lowest BCUT2D eigenvalue weighted by Crippen LogP contribution is -2.42. The molecule has 6 heterocycles.